The molecule has 3 heterocycles. The van der Waals surface area contributed by atoms with E-state index in [-0.39, 0.29) is 18.9 Å². The fraction of sp³-hybridized carbons (Fsp3) is 0.444. The third-order valence-corrected chi connectivity index (χ3v) is 4.30. The molecule has 26 heavy (non-hydrogen) atoms. The van der Waals surface area contributed by atoms with Crippen LogP contribution in [0.15, 0.2) is 24.7 Å². The van der Waals surface area contributed by atoms with Gasteiger partial charge in [0.15, 0.2) is 5.82 Å². The maximum Gasteiger partial charge on any atom is 0.266 e. The quantitative estimate of drug-likeness (QED) is 0.904. The van der Waals surface area contributed by atoms with Crippen LogP contribution in [0.4, 0.5) is 20.3 Å². The highest BCUT2D eigenvalue weighted by molar-refractivity contribution is 6.05. The van der Waals surface area contributed by atoms with Crippen molar-refractivity contribution in [2.75, 3.05) is 23.3 Å². The lowest BCUT2D eigenvalue weighted by atomic mass is 10.2. The zero-order chi connectivity index (χ0) is 18.9. The number of hydrogen-bond donors (Lipinski definition) is 1. The average molecular weight is 361 g/mol. The number of halogens is 2. The summed E-state index contributed by atoms with van der Waals surface area (Å²) in [4.78, 5) is 26.6. The molecular weight excluding hydrogens is 340 g/mol. The lowest BCUT2D eigenvalue weighted by Crippen LogP contribution is -2.27. The molecule has 0 unspecified atom stereocenters. The number of anilines is 2. The molecule has 0 aliphatic carbocycles. The number of aromatic nitrogens is 3. The number of alkyl halides is 2. The summed E-state index contributed by atoms with van der Waals surface area (Å²) in [6, 6.07) is 1.73. The number of amides is 1. The molecule has 0 radical (unpaired) electrons. The third kappa shape index (κ3) is 3.79. The molecule has 0 spiro atoms. The second-order valence-corrected chi connectivity index (χ2v) is 6.79. The lowest BCUT2D eigenvalue weighted by molar-refractivity contribution is 0.0257. The van der Waals surface area contributed by atoms with Crippen molar-refractivity contribution in [1.29, 1.82) is 0 Å². The molecule has 2 aromatic rings. The Hall–Kier alpha value is -2.64. The summed E-state index contributed by atoms with van der Waals surface area (Å²) in [7, 11) is 0. The van der Waals surface area contributed by atoms with Gasteiger partial charge >= 0.3 is 0 Å². The van der Waals surface area contributed by atoms with Crippen molar-refractivity contribution in [2.24, 2.45) is 0 Å². The molecule has 1 amide bonds. The van der Waals surface area contributed by atoms with Crippen LogP contribution in [-0.4, -0.2) is 39.9 Å². The number of carbonyl (C=O) groups is 1. The Kier molecular flexibility index (Phi) is 4.84. The monoisotopic (exact) mass is 361 g/mol. The molecule has 1 saturated heterocycles. The van der Waals surface area contributed by atoms with E-state index in [4.69, 9.17) is 0 Å². The zero-order valence-electron chi connectivity index (χ0n) is 15.0. The minimum atomic E-state index is -2.74. The molecule has 0 saturated carbocycles. The molecule has 8 heteroatoms. The number of pyridine rings is 1. The van der Waals surface area contributed by atoms with Gasteiger partial charge in [-0.25, -0.2) is 23.7 Å². The minimum Gasteiger partial charge on any atom is -0.349 e. The summed E-state index contributed by atoms with van der Waals surface area (Å²) in [6.07, 6.45) is 4.26. The fourth-order valence-electron chi connectivity index (χ4n) is 2.79. The van der Waals surface area contributed by atoms with Crippen molar-refractivity contribution in [1.82, 2.24) is 15.0 Å². The molecule has 0 atom stereocenters. The predicted molar refractivity (Wildman–Crippen MR) is 94.8 cm³/mol. The zero-order valence-corrected chi connectivity index (χ0v) is 15.0. The standard InChI is InChI=1S/C18H21F2N5O/c1-11(2)15-22-8-13(9-23-15)17(26)24-14-12(3)4-6-21-16(14)25-7-5-18(19,20)10-25/h4,6,8-9,11H,5,7,10H2,1-3H3,(H,24,26). The van der Waals surface area contributed by atoms with Gasteiger partial charge in [-0.1, -0.05) is 13.8 Å². The summed E-state index contributed by atoms with van der Waals surface area (Å²) < 4.78 is 27.1. The number of carbonyl (C=O) groups excluding carboxylic acids is 1. The topological polar surface area (TPSA) is 71.0 Å². The van der Waals surface area contributed by atoms with E-state index in [0.29, 0.717) is 22.9 Å². The van der Waals surface area contributed by atoms with Crippen molar-refractivity contribution in [3.05, 3.63) is 41.6 Å². The van der Waals surface area contributed by atoms with Gasteiger partial charge in [0, 0.05) is 37.5 Å². The van der Waals surface area contributed by atoms with Gasteiger partial charge in [-0.3, -0.25) is 4.79 Å². The number of nitrogens with zero attached hydrogens (tertiary/aromatic N) is 4. The molecule has 2 aromatic heterocycles. The molecule has 1 fully saturated rings. The Morgan fingerprint density at radius 1 is 1.27 bits per heavy atom. The van der Waals surface area contributed by atoms with Crippen LogP contribution in [0.2, 0.25) is 0 Å². The Balaban J connectivity index is 1.84. The summed E-state index contributed by atoms with van der Waals surface area (Å²) in [5.74, 6) is -1.97. The van der Waals surface area contributed by atoms with Crippen LogP contribution in [0, 0.1) is 6.92 Å². The van der Waals surface area contributed by atoms with Gasteiger partial charge in [-0.05, 0) is 18.6 Å². The van der Waals surface area contributed by atoms with Crippen molar-refractivity contribution in [3.63, 3.8) is 0 Å². The molecule has 1 aliphatic rings. The van der Waals surface area contributed by atoms with E-state index < -0.39 is 18.4 Å². The van der Waals surface area contributed by atoms with Crippen LogP contribution in [0.25, 0.3) is 0 Å². The highest BCUT2D eigenvalue weighted by atomic mass is 19.3. The van der Waals surface area contributed by atoms with E-state index in [1.807, 2.05) is 13.8 Å². The smallest absolute Gasteiger partial charge is 0.266 e. The predicted octanol–water partition coefficient (Wildman–Crippen LogP) is 3.40. The van der Waals surface area contributed by atoms with E-state index >= 15 is 0 Å². The highest BCUT2D eigenvalue weighted by Crippen LogP contribution is 2.35. The van der Waals surface area contributed by atoms with E-state index in [2.05, 4.69) is 20.3 Å². The summed E-state index contributed by atoms with van der Waals surface area (Å²) >= 11 is 0. The van der Waals surface area contributed by atoms with Crippen LogP contribution < -0.4 is 10.2 Å². The fourth-order valence-corrected chi connectivity index (χ4v) is 2.79. The molecular formula is C18H21F2N5O. The summed E-state index contributed by atoms with van der Waals surface area (Å²) in [5, 5.41) is 2.78. The first-order valence-corrected chi connectivity index (χ1v) is 8.48. The van der Waals surface area contributed by atoms with E-state index in [0.717, 1.165) is 5.56 Å². The highest BCUT2D eigenvalue weighted by Gasteiger charge is 2.39. The van der Waals surface area contributed by atoms with Gasteiger partial charge in [0.25, 0.3) is 11.8 Å². The largest absolute Gasteiger partial charge is 0.349 e. The van der Waals surface area contributed by atoms with Crippen LogP contribution in [-0.2, 0) is 0 Å². The van der Waals surface area contributed by atoms with Gasteiger partial charge in [0.05, 0.1) is 17.8 Å². The minimum absolute atomic E-state index is 0.163. The number of rotatable bonds is 4. The van der Waals surface area contributed by atoms with Crippen molar-refractivity contribution >= 4 is 17.4 Å². The Bertz CT molecular complexity index is 808. The Morgan fingerprint density at radius 2 is 1.96 bits per heavy atom. The summed E-state index contributed by atoms with van der Waals surface area (Å²) in [5.41, 5.74) is 1.48. The Morgan fingerprint density at radius 3 is 2.54 bits per heavy atom. The molecule has 3 rings (SSSR count). The van der Waals surface area contributed by atoms with Gasteiger partial charge in [-0.2, -0.15) is 0 Å². The van der Waals surface area contributed by atoms with E-state index in [1.165, 1.54) is 17.3 Å². The van der Waals surface area contributed by atoms with Crippen LogP contribution in [0.5, 0.6) is 0 Å². The first-order valence-electron chi connectivity index (χ1n) is 8.48. The van der Waals surface area contributed by atoms with E-state index in [1.54, 1.807) is 19.2 Å². The van der Waals surface area contributed by atoms with Crippen molar-refractivity contribution in [2.45, 2.75) is 39.0 Å². The van der Waals surface area contributed by atoms with Gasteiger partial charge in [0.1, 0.15) is 5.82 Å². The average Bonchev–Trinajstić information content (AvgIpc) is 2.96. The first kappa shape index (κ1) is 18.2. The SMILES string of the molecule is Cc1ccnc(N2CCC(F)(F)C2)c1NC(=O)c1cnc(C(C)C)nc1. The summed E-state index contributed by atoms with van der Waals surface area (Å²) in [6.45, 7) is 5.52. The molecule has 1 aliphatic heterocycles. The van der Waals surface area contributed by atoms with Gasteiger partial charge < -0.3 is 10.2 Å². The normalized spacial score (nSPS) is 16.2. The first-order chi connectivity index (χ1) is 12.3. The van der Waals surface area contributed by atoms with E-state index in [9.17, 15) is 13.6 Å². The number of hydrogen-bond acceptors (Lipinski definition) is 5. The molecule has 1 N–H and O–H groups in total. The van der Waals surface area contributed by atoms with Crippen LogP contribution in [0.1, 0.15) is 47.9 Å². The molecule has 138 valence electrons. The maximum absolute atomic E-state index is 13.6. The molecule has 0 bridgehead atoms. The molecule has 6 nitrogen and oxygen atoms in total. The van der Waals surface area contributed by atoms with Crippen molar-refractivity contribution < 1.29 is 13.6 Å². The lowest BCUT2D eigenvalue weighted by Gasteiger charge is -2.22. The number of aryl methyl sites for hydroxylation is 1. The van der Waals surface area contributed by atoms with Crippen molar-refractivity contribution in [3.8, 4) is 0 Å². The third-order valence-electron chi connectivity index (χ3n) is 4.30. The van der Waals surface area contributed by atoms with Crippen LogP contribution >= 0.6 is 0 Å². The molecule has 0 aromatic carbocycles. The van der Waals surface area contributed by atoms with Gasteiger partial charge in [0.2, 0.25) is 0 Å². The second-order valence-electron chi connectivity index (χ2n) is 6.79. The second kappa shape index (κ2) is 6.93. The number of nitrogens with one attached hydrogen (secondary N) is 1. The van der Waals surface area contributed by atoms with Gasteiger partial charge in [-0.15, -0.1) is 0 Å². The van der Waals surface area contributed by atoms with Crippen LogP contribution in [0.3, 0.4) is 0 Å². The Labute approximate surface area is 150 Å². The maximum atomic E-state index is 13.6.